The molecule has 0 atom stereocenters. The van der Waals surface area contributed by atoms with Crippen LogP contribution >= 0.6 is 0 Å². The van der Waals surface area contributed by atoms with E-state index in [1.165, 1.54) is 5.56 Å². The summed E-state index contributed by atoms with van der Waals surface area (Å²) >= 11 is 0. The van der Waals surface area contributed by atoms with Crippen LogP contribution in [-0.2, 0) is 24.4 Å². The molecule has 0 fully saturated rings. The van der Waals surface area contributed by atoms with Crippen molar-refractivity contribution in [1.29, 1.82) is 0 Å². The molecule has 0 aliphatic rings. The Hall–Kier alpha value is -1.58. The summed E-state index contributed by atoms with van der Waals surface area (Å²) in [6.07, 6.45) is 2.58. The van der Waals surface area contributed by atoms with E-state index in [0.29, 0.717) is 19.8 Å². The van der Waals surface area contributed by atoms with E-state index in [1.54, 1.807) is 6.26 Å². The number of rotatable bonds is 6. The molecule has 0 saturated heterocycles. The van der Waals surface area contributed by atoms with Gasteiger partial charge in [0.15, 0.2) is 0 Å². The first-order chi connectivity index (χ1) is 8.38. The Morgan fingerprint density at radius 2 is 1.76 bits per heavy atom. The molecule has 1 aromatic heterocycles. The first kappa shape index (κ1) is 11.9. The van der Waals surface area contributed by atoms with Crippen LogP contribution in [0, 0.1) is 0 Å². The topological polar surface area (TPSA) is 48.4 Å². The molecule has 2 aromatic rings. The van der Waals surface area contributed by atoms with Gasteiger partial charge in [-0.3, -0.25) is 0 Å². The number of ether oxygens (including phenoxy) is 1. The Bertz CT molecular complexity index is 420. The van der Waals surface area contributed by atoms with Crippen molar-refractivity contribution in [2.24, 2.45) is 5.73 Å². The Labute approximate surface area is 101 Å². The second kappa shape index (κ2) is 6.23. The Morgan fingerprint density at radius 3 is 2.41 bits per heavy atom. The van der Waals surface area contributed by atoms with Crippen LogP contribution in [0.4, 0.5) is 0 Å². The molecule has 0 bridgehead atoms. The minimum atomic E-state index is 0.511. The zero-order valence-corrected chi connectivity index (χ0v) is 9.76. The van der Waals surface area contributed by atoms with E-state index in [2.05, 4.69) is 24.3 Å². The molecule has 17 heavy (non-hydrogen) atoms. The van der Waals surface area contributed by atoms with Gasteiger partial charge in [-0.2, -0.15) is 0 Å². The molecule has 0 aliphatic heterocycles. The summed E-state index contributed by atoms with van der Waals surface area (Å²) in [7, 11) is 0. The second-order valence-electron chi connectivity index (χ2n) is 3.93. The minimum absolute atomic E-state index is 0.511. The predicted molar refractivity (Wildman–Crippen MR) is 66.4 cm³/mol. The summed E-state index contributed by atoms with van der Waals surface area (Å²) in [6, 6.07) is 12.1. The van der Waals surface area contributed by atoms with Crippen LogP contribution in [-0.4, -0.2) is 6.54 Å². The van der Waals surface area contributed by atoms with Crippen LogP contribution in [0.25, 0.3) is 0 Å². The fourth-order valence-electron chi connectivity index (χ4n) is 1.63. The largest absolute Gasteiger partial charge is 0.467 e. The van der Waals surface area contributed by atoms with Gasteiger partial charge in [0.25, 0.3) is 0 Å². The lowest BCUT2D eigenvalue weighted by atomic mass is 10.1. The first-order valence-corrected chi connectivity index (χ1v) is 5.76. The van der Waals surface area contributed by atoms with Crippen molar-refractivity contribution in [3.8, 4) is 0 Å². The molecule has 2 N–H and O–H groups in total. The lowest BCUT2D eigenvalue weighted by Gasteiger charge is -2.04. The summed E-state index contributed by atoms with van der Waals surface area (Å²) < 4.78 is 10.7. The lowest BCUT2D eigenvalue weighted by molar-refractivity contribution is 0.0929. The fourth-order valence-corrected chi connectivity index (χ4v) is 1.63. The number of hydrogen-bond acceptors (Lipinski definition) is 3. The number of benzene rings is 1. The van der Waals surface area contributed by atoms with Crippen LogP contribution in [0.5, 0.6) is 0 Å². The van der Waals surface area contributed by atoms with Crippen molar-refractivity contribution in [3.63, 3.8) is 0 Å². The van der Waals surface area contributed by atoms with E-state index in [0.717, 1.165) is 17.7 Å². The maximum Gasteiger partial charge on any atom is 0.129 e. The third-order valence-corrected chi connectivity index (χ3v) is 2.55. The minimum Gasteiger partial charge on any atom is -0.467 e. The molecule has 0 unspecified atom stereocenters. The van der Waals surface area contributed by atoms with Gasteiger partial charge in [0.05, 0.1) is 12.9 Å². The third kappa shape index (κ3) is 3.73. The number of hydrogen-bond donors (Lipinski definition) is 1. The molecule has 1 heterocycles. The highest BCUT2D eigenvalue weighted by Gasteiger charge is 1.97. The molecule has 0 radical (unpaired) electrons. The zero-order chi connectivity index (χ0) is 11.9. The van der Waals surface area contributed by atoms with Gasteiger partial charge in [-0.05, 0) is 36.2 Å². The monoisotopic (exact) mass is 231 g/mol. The van der Waals surface area contributed by atoms with Gasteiger partial charge < -0.3 is 14.9 Å². The predicted octanol–water partition coefficient (Wildman–Crippen LogP) is 2.50. The van der Waals surface area contributed by atoms with Crippen molar-refractivity contribution in [3.05, 3.63) is 59.5 Å². The molecule has 2 rings (SSSR count). The van der Waals surface area contributed by atoms with Crippen LogP contribution in [0.3, 0.4) is 0 Å². The van der Waals surface area contributed by atoms with E-state index in [9.17, 15) is 0 Å². The summed E-state index contributed by atoms with van der Waals surface area (Å²) in [4.78, 5) is 0. The first-order valence-electron chi connectivity index (χ1n) is 5.76. The van der Waals surface area contributed by atoms with Crippen molar-refractivity contribution in [2.75, 3.05) is 6.54 Å². The average molecular weight is 231 g/mol. The summed E-state index contributed by atoms with van der Waals surface area (Å²) in [6.45, 7) is 1.80. The van der Waals surface area contributed by atoms with Crippen LogP contribution < -0.4 is 5.73 Å². The van der Waals surface area contributed by atoms with Gasteiger partial charge in [0.2, 0.25) is 0 Å². The van der Waals surface area contributed by atoms with Crippen molar-refractivity contribution in [2.45, 2.75) is 19.6 Å². The van der Waals surface area contributed by atoms with E-state index in [1.807, 2.05) is 12.1 Å². The number of furan rings is 1. The van der Waals surface area contributed by atoms with Crippen molar-refractivity contribution in [1.82, 2.24) is 0 Å². The van der Waals surface area contributed by atoms with Crippen molar-refractivity contribution >= 4 is 0 Å². The molecule has 1 aromatic carbocycles. The van der Waals surface area contributed by atoms with Gasteiger partial charge in [0, 0.05) is 0 Å². The highest BCUT2D eigenvalue weighted by atomic mass is 16.5. The SMILES string of the molecule is NCCc1ccc(COCc2ccco2)cc1. The molecule has 0 aliphatic carbocycles. The lowest BCUT2D eigenvalue weighted by Crippen LogP contribution is -2.02. The highest BCUT2D eigenvalue weighted by Crippen LogP contribution is 2.08. The molecular formula is C14H17NO2. The van der Waals surface area contributed by atoms with Gasteiger partial charge in [-0.15, -0.1) is 0 Å². The Kier molecular flexibility index (Phi) is 4.36. The molecule has 0 amide bonds. The summed E-state index contributed by atoms with van der Waals surface area (Å²) in [5, 5.41) is 0. The third-order valence-electron chi connectivity index (χ3n) is 2.55. The van der Waals surface area contributed by atoms with E-state index in [4.69, 9.17) is 14.9 Å². The molecule has 3 heteroatoms. The quantitative estimate of drug-likeness (QED) is 0.831. The fraction of sp³-hybridized carbons (Fsp3) is 0.286. The Balaban J connectivity index is 1.79. The maximum atomic E-state index is 5.55. The molecular weight excluding hydrogens is 214 g/mol. The van der Waals surface area contributed by atoms with E-state index < -0.39 is 0 Å². The van der Waals surface area contributed by atoms with Crippen LogP contribution in [0.15, 0.2) is 47.1 Å². The zero-order valence-electron chi connectivity index (χ0n) is 9.76. The second-order valence-corrected chi connectivity index (χ2v) is 3.93. The maximum absolute atomic E-state index is 5.55. The van der Waals surface area contributed by atoms with Crippen LogP contribution in [0.2, 0.25) is 0 Å². The molecule has 3 nitrogen and oxygen atoms in total. The van der Waals surface area contributed by atoms with Gasteiger partial charge in [0.1, 0.15) is 12.4 Å². The number of nitrogens with two attached hydrogens (primary N) is 1. The summed E-state index contributed by atoms with van der Waals surface area (Å²) in [5.74, 6) is 0.852. The summed E-state index contributed by atoms with van der Waals surface area (Å²) in [5.41, 5.74) is 7.93. The smallest absolute Gasteiger partial charge is 0.129 e. The average Bonchev–Trinajstić information content (AvgIpc) is 2.85. The molecule has 0 saturated carbocycles. The van der Waals surface area contributed by atoms with E-state index in [-0.39, 0.29) is 0 Å². The van der Waals surface area contributed by atoms with Crippen molar-refractivity contribution < 1.29 is 9.15 Å². The highest BCUT2D eigenvalue weighted by molar-refractivity contribution is 5.22. The van der Waals surface area contributed by atoms with Gasteiger partial charge in [-0.1, -0.05) is 24.3 Å². The van der Waals surface area contributed by atoms with Gasteiger partial charge in [-0.25, -0.2) is 0 Å². The standard InChI is InChI=1S/C14H17NO2/c15-8-7-12-3-5-13(6-4-12)10-16-11-14-2-1-9-17-14/h1-6,9H,7-8,10-11,15H2. The van der Waals surface area contributed by atoms with E-state index >= 15 is 0 Å². The molecule has 90 valence electrons. The molecule has 0 spiro atoms. The van der Waals surface area contributed by atoms with Crippen LogP contribution in [0.1, 0.15) is 16.9 Å². The Morgan fingerprint density at radius 1 is 1.00 bits per heavy atom. The van der Waals surface area contributed by atoms with Gasteiger partial charge >= 0.3 is 0 Å². The normalized spacial score (nSPS) is 10.6.